The van der Waals surface area contributed by atoms with Crippen molar-refractivity contribution in [3.05, 3.63) is 0 Å². The topological polar surface area (TPSA) is 445 Å². The summed E-state index contributed by atoms with van der Waals surface area (Å²) in [6.07, 6.45) is 5.80. The summed E-state index contributed by atoms with van der Waals surface area (Å²) in [5.74, 6) is -2.62. The lowest BCUT2D eigenvalue weighted by atomic mass is 9.82. The maximum atomic E-state index is 13.9. The number of hydrogen-bond acceptors (Lipinski definition) is 27. The van der Waals surface area contributed by atoms with E-state index >= 15 is 0 Å². The van der Waals surface area contributed by atoms with Gasteiger partial charge in [0.1, 0.15) is 54.9 Å². The van der Waals surface area contributed by atoms with Crippen LogP contribution >= 0.6 is 0 Å². The summed E-state index contributed by atoms with van der Waals surface area (Å²) in [6, 6.07) is -1.71. The van der Waals surface area contributed by atoms with Crippen molar-refractivity contribution in [1.29, 1.82) is 0 Å². The predicted octanol–water partition coefficient (Wildman–Crippen LogP) is 5.75. The maximum Gasteiger partial charge on any atom is 0.302 e. The van der Waals surface area contributed by atoms with Gasteiger partial charge in [0.25, 0.3) is 0 Å². The van der Waals surface area contributed by atoms with E-state index in [-0.39, 0.29) is 223 Å². The van der Waals surface area contributed by atoms with Crippen molar-refractivity contribution in [2.45, 2.75) is 310 Å². The Kier molecular flexibility index (Phi) is 50.1. The lowest BCUT2D eigenvalue weighted by molar-refractivity contribution is -0.239. The second-order valence-corrected chi connectivity index (χ2v) is 30.5. The third-order valence-electron chi connectivity index (χ3n) is 21.2. The fraction of sp³-hybridized carbons (Fsp3) is 0.861. The van der Waals surface area contributed by atoms with E-state index in [1.165, 1.54) is 27.7 Å². The van der Waals surface area contributed by atoms with Crippen molar-refractivity contribution >= 4 is 64.7 Å². The van der Waals surface area contributed by atoms with Crippen LogP contribution in [0.4, 0.5) is 0 Å². The molecule has 110 heavy (non-hydrogen) atoms. The average molecular weight is 1570 g/mol. The number of esters is 3. The number of ketones is 4. The third kappa shape index (κ3) is 41.0. The number of aliphatic hydroxyl groups excluding tert-OH is 1. The first kappa shape index (κ1) is 98.6. The van der Waals surface area contributed by atoms with Gasteiger partial charge in [0, 0.05) is 118 Å². The SMILES string of the molecule is CC[C@@H](NC(=O)CC(=O)NC(COCCC(=O)CCCCCC(=O)CCCCOC1OC(COC(C)=O)C(C)C(C)C1N)(COCCC(=O)CCCCCC(=O)CCCCOC1OC(COC(C)=O)C(C)C(C)C1N)COCCC(=O)NCCCNC(=O)CCCCOC1OC(COC(C)=O)C(C)C(C)C1N)[C@@H](C)O. The highest BCUT2D eigenvalue weighted by molar-refractivity contribution is 5.97. The maximum absolute atomic E-state index is 13.9. The Morgan fingerprint density at radius 3 is 1.05 bits per heavy atom. The number of rotatable bonds is 61. The van der Waals surface area contributed by atoms with Gasteiger partial charge in [-0.15, -0.1) is 0 Å². The van der Waals surface area contributed by atoms with Crippen LogP contribution in [0.1, 0.15) is 237 Å². The number of ether oxygens (including phenoxy) is 12. The van der Waals surface area contributed by atoms with E-state index in [1.807, 2.05) is 41.5 Å². The number of amides is 4. The van der Waals surface area contributed by atoms with Gasteiger partial charge in [0.05, 0.1) is 88.2 Å². The number of carbonyl (C=O) groups is 11. The molecule has 3 aliphatic heterocycles. The molecule has 0 aromatic carbocycles. The minimum absolute atomic E-state index is 0.0234. The normalized spacial score (nSPS) is 25.1. The third-order valence-corrected chi connectivity index (χ3v) is 21.2. The number of hydrogen-bond donors (Lipinski definition) is 8. The van der Waals surface area contributed by atoms with Gasteiger partial charge in [-0.1, -0.05) is 61.3 Å². The van der Waals surface area contributed by atoms with Crippen LogP contribution < -0.4 is 38.5 Å². The van der Waals surface area contributed by atoms with Gasteiger partial charge in [0.2, 0.25) is 23.6 Å². The zero-order valence-electron chi connectivity index (χ0n) is 68.0. The smallest absolute Gasteiger partial charge is 0.302 e. The van der Waals surface area contributed by atoms with Crippen molar-refractivity contribution in [3.63, 3.8) is 0 Å². The van der Waals surface area contributed by atoms with Gasteiger partial charge in [-0.25, -0.2) is 0 Å². The number of carbonyl (C=O) groups excluding carboxylic acids is 11. The summed E-state index contributed by atoms with van der Waals surface area (Å²) in [5, 5.41) is 21.5. The molecule has 0 radical (unpaired) electrons. The molecule has 634 valence electrons. The van der Waals surface area contributed by atoms with Gasteiger partial charge >= 0.3 is 17.9 Å². The molecular weight excluding hydrogens is 1430 g/mol. The molecule has 0 aromatic rings. The zero-order chi connectivity index (χ0) is 81.6. The van der Waals surface area contributed by atoms with Crippen LogP contribution in [0.2, 0.25) is 0 Å². The Labute approximate surface area is 652 Å². The Hall–Kier alpha value is -5.55. The van der Waals surface area contributed by atoms with Crippen LogP contribution in [0.5, 0.6) is 0 Å². The van der Waals surface area contributed by atoms with Gasteiger partial charge in [-0.2, -0.15) is 0 Å². The molecule has 3 fully saturated rings. The molecule has 0 spiro atoms. The van der Waals surface area contributed by atoms with E-state index in [0.717, 1.165) is 0 Å². The Morgan fingerprint density at radius 2 is 0.718 bits per heavy atom. The van der Waals surface area contributed by atoms with Crippen LogP contribution in [-0.4, -0.2) is 235 Å². The molecule has 3 heterocycles. The first-order valence-electron chi connectivity index (χ1n) is 40.5. The number of unbranched alkanes of at least 4 members (excludes halogenated alkanes) is 7. The van der Waals surface area contributed by atoms with Crippen LogP contribution in [0.3, 0.4) is 0 Å². The number of nitrogens with two attached hydrogens (primary N) is 3. The van der Waals surface area contributed by atoms with Crippen LogP contribution in [0.25, 0.3) is 0 Å². The molecule has 11 N–H and O–H groups in total. The first-order chi connectivity index (χ1) is 52.4. The Bertz CT molecular complexity index is 2490. The van der Waals surface area contributed by atoms with Gasteiger partial charge < -0.3 is 100 Å². The highest BCUT2D eigenvalue weighted by Crippen LogP contribution is 2.34. The van der Waals surface area contributed by atoms with E-state index in [0.29, 0.717) is 142 Å². The van der Waals surface area contributed by atoms with Gasteiger partial charge in [-0.3, -0.25) is 52.7 Å². The molecule has 3 rings (SSSR count). The number of Topliss-reactive ketones (excluding diaryl/α,β-unsaturated/α-hetero) is 4. The Balaban J connectivity index is 1.53. The molecule has 31 nitrogen and oxygen atoms in total. The molecule has 0 aromatic heterocycles. The van der Waals surface area contributed by atoms with E-state index in [4.69, 9.17) is 74.0 Å². The standard InChI is InChI=1S/C79H139N7O24/c1-12-65(57(8)87)85-71(97)44-72(98)86-79(48-99-41-33-63(93)28-17-13-15-26-61(91)30-19-22-38-102-76-73(80)54(5)51(2)66(108-76)45-105-58(9)88,49-100-42-34-64(94)29-18-14-16-27-62(92)31-20-23-39-103-77-74(81)55(6)52(3)67(109-77)46-106-59(10)89)50-101-43-35-70(96)84-37-25-36-83-69(95)32-21-24-40-104-78-75(82)56(7)53(4)68(110-78)47-107-60(11)90/h51-57,65-68,73-78,87H,12-50,80-82H2,1-11H3,(H,83,95)(H,84,96)(H,85,97)(H,86,98)/t51?,52?,53?,54?,55?,56?,57-,65-,66?,67?,68?,73?,74?,75?,76?,77?,78?,79?/m1/s1. The fourth-order valence-corrected chi connectivity index (χ4v) is 13.2. The summed E-state index contributed by atoms with van der Waals surface area (Å²) in [4.78, 5) is 139. The Morgan fingerprint density at radius 1 is 0.400 bits per heavy atom. The molecule has 0 bridgehead atoms. The zero-order valence-corrected chi connectivity index (χ0v) is 68.0. The quantitative estimate of drug-likeness (QED) is 0.0155. The fourth-order valence-electron chi connectivity index (χ4n) is 13.2. The molecule has 4 amide bonds. The first-order valence-corrected chi connectivity index (χ1v) is 40.5. The van der Waals surface area contributed by atoms with Crippen LogP contribution in [0, 0.1) is 35.5 Å². The molecule has 3 aliphatic rings. The van der Waals surface area contributed by atoms with Crippen LogP contribution in [0.15, 0.2) is 0 Å². The van der Waals surface area contributed by atoms with E-state index in [9.17, 15) is 57.8 Å². The summed E-state index contributed by atoms with van der Waals surface area (Å²) >= 11 is 0. The minimum atomic E-state index is -1.51. The van der Waals surface area contributed by atoms with Crippen molar-refractivity contribution in [3.8, 4) is 0 Å². The van der Waals surface area contributed by atoms with Crippen molar-refractivity contribution in [2.75, 3.05) is 92.4 Å². The second kappa shape index (κ2) is 55.8. The largest absolute Gasteiger partial charge is 0.463 e. The van der Waals surface area contributed by atoms with Crippen molar-refractivity contribution in [1.82, 2.24) is 21.3 Å². The van der Waals surface area contributed by atoms with Gasteiger partial charge in [-0.05, 0) is 119 Å². The van der Waals surface area contributed by atoms with Gasteiger partial charge in [0.15, 0.2) is 18.9 Å². The highest BCUT2D eigenvalue weighted by Gasteiger charge is 2.44. The average Bonchev–Trinajstić information content (AvgIpc) is 0.842. The molecule has 0 aliphatic carbocycles. The number of nitrogens with one attached hydrogen (secondary N) is 4. The summed E-state index contributed by atoms with van der Waals surface area (Å²) < 4.78 is 69.9. The molecule has 0 saturated carbocycles. The molecular formula is C79H139N7O24. The lowest BCUT2D eigenvalue weighted by Gasteiger charge is -2.42. The predicted molar refractivity (Wildman–Crippen MR) is 407 cm³/mol. The molecule has 31 heteroatoms. The summed E-state index contributed by atoms with van der Waals surface area (Å²) in [7, 11) is 0. The molecule has 3 saturated heterocycles. The minimum Gasteiger partial charge on any atom is -0.463 e. The lowest BCUT2D eigenvalue weighted by Crippen LogP contribution is -2.59. The molecule has 17 atom stereocenters. The van der Waals surface area contributed by atoms with Crippen LogP contribution in [-0.2, 0) is 110 Å². The summed E-state index contributed by atoms with van der Waals surface area (Å²) in [5.41, 5.74) is 17.7. The summed E-state index contributed by atoms with van der Waals surface area (Å²) in [6.45, 7) is 20.3. The van der Waals surface area contributed by atoms with E-state index in [1.54, 1.807) is 6.92 Å². The second-order valence-electron chi connectivity index (χ2n) is 30.5. The van der Waals surface area contributed by atoms with Crippen molar-refractivity contribution < 1.29 is 115 Å². The van der Waals surface area contributed by atoms with Crippen molar-refractivity contribution in [2.24, 2.45) is 52.7 Å². The van der Waals surface area contributed by atoms with E-state index in [2.05, 4.69) is 21.3 Å². The highest BCUT2D eigenvalue weighted by atomic mass is 16.7. The van der Waals surface area contributed by atoms with E-state index < -0.39 is 60.8 Å². The number of aliphatic hydroxyl groups is 1. The monoisotopic (exact) mass is 1570 g/mol. The molecule has 15 unspecified atom stereocenters.